The van der Waals surface area contributed by atoms with Crippen molar-refractivity contribution < 1.29 is 13.2 Å². The highest BCUT2D eigenvalue weighted by atomic mass is 32.1. The van der Waals surface area contributed by atoms with Crippen molar-refractivity contribution >= 4 is 22.4 Å². The number of thiophene rings is 1. The van der Waals surface area contributed by atoms with E-state index in [9.17, 15) is 22.8 Å². The number of halogens is 3. The van der Waals surface area contributed by atoms with Gasteiger partial charge in [-0.3, -0.25) is 13.9 Å². The first-order chi connectivity index (χ1) is 13.8. The number of rotatable bonds is 3. The van der Waals surface area contributed by atoms with Crippen LogP contribution in [0.2, 0.25) is 0 Å². The molecule has 4 aromatic rings. The van der Waals surface area contributed by atoms with Crippen LogP contribution in [0.5, 0.6) is 0 Å². The minimum absolute atomic E-state index is 0.0114. The zero-order chi connectivity index (χ0) is 20.8. The molecule has 0 spiro atoms. The van der Waals surface area contributed by atoms with Gasteiger partial charge in [-0.05, 0) is 23.1 Å². The van der Waals surface area contributed by atoms with Gasteiger partial charge in [-0.2, -0.15) is 13.2 Å². The second-order valence-corrected chi connectivity index (χ2v) is 7.39. The average Bonchev–Trinajstić information content (AvgIpc) is 3.23. The van der Waals surface area contributed by atoms with Gasteiger partial charge in [0.1, 0.15) is 0 Å². The first-order valence-electron chi connectivity index (χ1n) is 8.57. The molecule has 0 unspecified atom stereocenters. The maximum atomic E-state index is 13.9. The van der Waals surface area contributed by atoms with Gasteiger partial charge in [-0.1, -0.05) is 36.4 Å². The van der Waals surface area contributed by atoms with Crippen molar-refractivity contribution in [1.29, 1.82) is 0 Å². The average molecular weight is 417 g/mol. The lowest BCUT2D eigenvalue weighted by Gasteiger charge is -2.16. The summed E-state index contributed by atoms with van der Waals surface area (Å²) in [5.74, 6) is 0. The molecule has 148 valence electrons. The molecule has 9 heteroatoms. The molecule has 0 bridgehead atoms. The summed E-state index contributed by atoms with van der Waals surface area (Å²) in [5.41, 5.74) is -2.36. The van der Waals surface area contributed by atoms with E-state index >= 15 is 0 Å². The lowest BCUT2D eigenvalue weighted by Crippen LogP contribution is -2.39. The van der Waals surface area contributed by atoms with E-state index in [1.165, 1.54) is 18.4 Å². The number of fused-ring (bicyclic) bond motifs is 1. The van der Waals surface area contributed by atoms with Crippen LogP contribution in [-0.2, 0) is 19.8 Å². The number of hydrogen-bond donors (Lipinski definition) is 0. The van der Waals surface area contributed by atoms with Gasteiger partial charge >= 0.3 is 11.9 Å². The standard InChI is InChI=1S/C20H14F3N3O2S/c1-25-18(27)16-13(20(21,22)23)10-14(15-8-5-9-29-15)24-17(16)26(19(25)28)11-12-6-3-2-4-7-12/h2-10H,11H2,1H3. The molecule has 0 amide bonds. The second-order valence-electron chi connectivity index (χ2n) is 6.45. The van der Waals surface area contributed by atoms with Crippen molar-refractivity contribution in [1.82, 2.24) is 14.1 Å². The molecular weight excluding hydrogens is 403 g/mol. The monoisotopic (exact) mass is 417 g/mol. The molecule has 0 aliphatic rings. The second kappa shape index (κ2) is 7.00. The van der Waals surface area contributed by atoms with Gasteiger partial charge in [0.05, 0.1) is 28.1 Å². The Balaban J connectivity index is 2.13. The van der Waals surface area contributed by atoms with E-state index in [0.29, 0.717) is 15.0 Å². The van der Waals surface area contributed by atoms with Gasteiger partial charge in [0.2, 0.25) is 0 Å². The van der Waals surface area contributed by atoms with Crippen LogP contribution >= 0.6 is 11.3 Å². The Morgan fingerprint density at radius 1 is 1.07 bits per heavy atom. The highest BCUT2D eigenvalue weighted by molar-refractivity contribution is 7.13. The Hall–Kier alpha value is -3.20. The summed E-state index contributed by atoms with van der Waals surface area (Å²) in [7, 11) is 1.17. The Morgan fingerprint density at radius 3 is 2.41 bits per heavy atom. The van der Waals surface area contributed by atoms with Gasteiger partial charge in [0.15, 0.2) is 5.65 Å². The zero-order valence-electron chi connectivity index (χ0n) is 15.1. The molecule has 1 aromatic carbocycles. The van der Waals surface area contributed by atoms with E-state index in [1.54, 1.807) is 47.8 Å². The third-order valence-electron chi connectivity index (χ3n) is 4.55. The molecular formula is C20H14F3N3O2S. The van der Waals surface area contributed by atoms with Gasteiger partial charge in [0.25, 0.3) is 5.56 Å². The quantitative estimate of drug-likeness (QED) is 0.508. The molecule has 0 N–H and O–H groups in total. The number of nitrogens with zero attached hydrogens (tertiary/aromatic N) is 3. The third kappa shape index (κ3) is 3.38. The number of pyridine rings is 1. The lowest BCUT2D eigenvalue weighted by molar-refractivity contribution is -0.136. The summed E-state index contributed by atoms with van der Waals surface area (Å²) in [5, 5.41) is 1.10. The van der Waals surface area contributed by atoms with Crippen LogP contribution < -0.4 is 11.2 Å². The zero-order valence-corrected chi connectivity index (χ0v) is 15.9. The number of hydrogen-bond acceptors (Lipinski definition) is 4. The Morgan fingerprint density at radius 2 is 1.79 bits per heavy atom. The van der Waals surface area contributed by atoms with Gasteiger partial charge < -0.3 is 0 Å². The van der Waals surface area contributed by atoms with Crippen molar-refractivity contribution in [2.75, 3.05) is 0 Å². The predicted molar refractivity (Wildman–Crippen MR) is 105 cm³/mol. The summed E-state index contributed by atoms with van der Waals surface area (Å²) < 4.78 is 43.3. The molecule has 0 atom stereocenters. The molecule has 0 aliphatic carbocycles. The summed E-state index contributed by atoms with van der Waals surface area (Å²) in [6, 6.07) is 13.0. The number of alkyl halides is 3. The topological polar surface area (TPSA) is 56.9 Å². The maximum Gasteiger partial charge on any atom is 0.417 e. The van der Waals surface area contributed by atoms with Crippen LogP contribution in [0.15, 0.2) is 63.5 Å². The maximum absolute atomic E-state index is 13.9. The van der Waals surface area contributed by atoms with Crippen molar-refractivity contribution in [3.05, 3.63) is 85.9 Å². The van der Waals surface area contributed by atoms with Gasteiger partial charge in [0, 0.05) is 7.05 Å². The Bertz CT molecular complexity index is 1310. The largest absolute Gasteiger partial charge is 0.417 e. The summed E-state index contributed by atoms with van der Waals surface area (Å²) in [6.07, 6.45) is -4.78. The van der Waals surface area contributed by atoms with Crippen molar-refractivity contribution in [2.24, 2.45) is 7.05 Å². The van der Waals surface area contributed by atoms with Crippen molar-refractivity contribution in [2.45, 2.75) is 12.7 Å². The first-order valence-corrected chi connectivity index (χ1v) is 9.45. The van der Waals surface area contributed by atoms with E-state index in [-0.39, 0.29) is 17.9 Å². The number of aromatic nitrogens is 3. The van der Waals surface area contributed by atoms with E-state index in [0.717, 1.165) is 10.6 Å². The first kappa shape index (κ1) is 19.1. The minimum Gasteiger partial charge on any atom is -0.273 e. The van der Waals surface area contributed by atoms with E-state index in [2.05, 4.69) is 4.98 Å². The molecule has 0 aliphatic heterocycles. The Kier molecular flexibility index (Phi) is 4.62. The van der Waals surface area contributed by atoms with Crippen LogP contribution in [0.3, 0.4) is 0 Å². The highest BCUT2D eigenvalue weighted by Gasteiger charge is 2.36. The van der Waals surface area contributed by atoms with E-state index < -0.39 is 28.4 Å². The molecule has 3 heterocycles. The normalized spacial score (nSPS) is 11.9. The summed E-state index contributed by atoms with van der Waals surface area (Å²) >= 11 is 1.22. The van der Waals surface area contributed by atoms with E-state index in [4.69, 9.17) is 0 Å². The van der Waals surface area contributed by atoms with Gasteiger partial charge in [-0.15, -0.1) is 11.3 Å². The van der Waals surface area contributed by atoms with Crippen LogP contribution in [0.25, 0.3) is 21.6 Å². The molecule has 0 fully saturated rings. The third-order valence-corrected chi connectivity index (χ3v) is 5.45. The van der Waals surface area contributed by atoms with E-state index in [1.807, 2.05) is 0 Å². The van der Waals surface area contributed by atoms with Crippen LogP contribution in [0.1, 0.15) is 11.1 Å². The van der Waals surface area contributed by atoms with Gasteiger partial charge in [-0.25, -0.2) is 9.78 Å². The molecule has 0 saturated carbocycles. The Labute approximate surface area is 166 Å². The molecule has 3 aromatic heterocycles. The van der Waals surface area contributed by atoms with Crippen molar-refractivity contribution in [3.63, 3.8) is 0 Å². The van der Waals surface area contributed by atoms with Crippen LogP contribution in [0.4, 0.5) is 13.2 Å². The predicted octanol–water partition coefficient (Wildman–Crippen LogP) is 3.89. The molecule has 29 heavy (non-hydrogen) atoms. The summed E-state index contributed by atoms with van der Waals surface area (Å²) in [6.45, 7) is -0.0114. The lowest BCUT2D eigenvalue weighted by atomic mass is 10.1. The number of benzene rings is 1. The molecule has 5 nitrogen and oxygen atoms in total. The van der Waals surface area contributed by atoms with Crippen molar-refractivity contribution in [3.8, 4) is 10.6 Å². The minimum atomic E-state index is -4.78. The SMILES string of the molecule is Cn1c(=O)c2c(C(F)(F)F)cc(-c3cccs3)nc2n(Cc2ccccc2)c1=O. The smallest absolute Gasteiger partial charge is 0.273 e. The molecule has 0 saturated heterocycles. The fraction of sp³-hybridized carbons (Fsp3) is 0.150. The molecule has 0 radical (unpaired) electrons. The highest BCUT2D eigenvalue weighted by Crippen LogP contribution is 2.36. The van der Waals surface area contributed by atoms with Crippen LogP contribution in [-0.4, -0.2) is 14.1 Å². The van der Waals surface area contributed by atoms with Crippen LogP contribution in [0, 0.1) is 0 Å². The fourth-order valence-corrected chi connectivity index (χ4v) is 3.83. The molecule has 4 rings (SSSR count). The fourth-order valence-electron chi connectivity index (χ4n) is 3.15. The summed E-state index contributed by atoms with van der Waals surface area (Å²) in [4.78, 5) is 30.2.